The van der Waals surface area contributed by atoms with Crippen molar-refractivity contribution in [1.29, 1.82) is 0 Å². The smallest absolute Gasteiger partial charge is 0.180 e. The van der Waals surface area contributed by atoms with Crippen LogP contribution in [0.1, 0.15) is 29.2 Å². The van der Waals surface area contributed by atoms with Crippen LogP contribution in [-0.4, -0.2) is 12.8 Å². The maximum atomic E-state index is 13.1. The molecule has 0 unspecified atom stereocenters. The number of rotatable bonds is 7. The molecule has 0 aliphatic rings. The minimum absolute atomic E-state index is 0.260. The predicted octanol–water partition coefficient (Wildman–Crippen LogP) is 6.82. The minimum Gasteiger partial charge on any atom is -0.490 e. The van der Waals surface area contributed by atoms with Gasteiger partial charge in [0.1, 0.15) is 12.4 Å². The summed E-state index contributed by atoms with van der Waals surface area (Å²) < 4.78 is 24.7. The van der Waals surface area contributed by atoms with Gasteiger partial charge in [0.2, 0.25) is 0 Å². The molecule has 3 nitrogen and oxygen atoms in total. The average Bonchev–Trinajstić information content (AvgIpc) is 2.70. The van der Waals surface area contributed by atoms with E-state index >= 15 is 0 Å². The van der Waals surface area contributed by atoms with Crippen LogP contribution in [0.3, 0.4) is 0 Å². The van der Waals surface area contributed by atoms with Crippen LogP contribution in [0.25, 0.3) is 0 Å². The van der Waals surface area contributed by atoms with Gasteiger partial charge in [-0.1, -0.05) is 29.8 Å². The largest absolute Gasteiger partial charge is 0.490 e. The molecule has 0 fully saturated rings. The Hall–Kier alpha value is -2.85. The Morgan fingerprint density at radius 1 is 0.966 bits per heavy atom. The molecule has 0 aromatic heterocycles. The van der Waals surface area contributed by atoms with E-state index in [4.69, 9.17) is 21.1 Å². The molecule has 29 heavy (non-hydrogen) atoms. The fraction of sp³-hybridized carbons (Fsp3) is 0.208. The first-order chi connectivity index (χ1) is 14.0. The molecule has 0 bridgehead atoms. The van der Waals surface area contributed by atoms with Crippen LogP contribution in [0.4, 0.5) is 10.1 Å². The van der Waals surface area contributed by atoms with E-state index in [1.807, 2.05) is 31.2 Å². The number of hydrogen-bond donors (Lipinski definition) is 0. The SMILES string of the molecule is CCOc1cc(C=Nc2ccc(C)c(C)c2)cc(Cl)c1OCc1ccc(F)cc1. The van der Waals surface area contributed by atoms with E-state index in [2.05, 4.69) is 18.8 Å². The second-order valence-electron chi connectivity index (χ2n) is 6.70. The predicted molar refractivity (Wildman–Crippen MR) is 117 cm³/mol. The average molecular weight is 412 g/mol. The number of benzene rings is 3. The fourth-order valence-corrected chi connectivity index (χ4v) is 3.03. The lowest BCUT2D eigenvalue weighted by molar-refractivity contribution is 0.269. The Kier molecular flexibility index (Phi) is 6.89. The molecule has 3 rings (SSSR count). The first-order valence-corrected chi connectivity index (χ1v) is 9.79. The van der Waals surface area contributed by atoms with Crippen molar-refractivity contribution in [2.75, 3.05) is 6.61 Å². The van der Waals surface area contributed by atoms with E-state index in [0.717, 1.165) is 16.8 Å². The third-order valence-corrected chi connectivity index (χ3v) is 4.76. The van der Waals surface area contributed by atoms with Gasteiger partial charge < -0.3 is 9.47 Å². The van der Waals surface area contributed by atoms with Gasteiger partial charge in [0.25, 0.3) is 0 Å². The Balaban J connectivity index is 1.82. The van der Waals surface area contributed by atoms with Gasteiger partial charge in [-0.15, -0.1) is 0 Å². The Labute approximate surface area is 175 Å². The van der Waals surface area contributed by atoms with Crippen LogP contribution in [0.5, 0.6) is 11.5 Å². The van der Waals surface area contributed by atoms with Crippen molar-refractivity contribution < 1.29 is 13.9 Å². The van der Waals surface area contributed by atoms with Crippen LogP contribution in [0.2, 0.25) is 5.02 Å². The minimum atomic E-state index is -0.283. The molecule has 0 heterocycles. The highest BCUT2D eigenvalue weighted by Gasteiger charge is 2.12. The van der Waals surface area contributed by atoms with E-state index in [-0.39, 0.29) is 12.4 Å². The molecule has 0 radical (unpaired) electrons. The second-order valence-corrected chi connectivity index (χ2v) is 7.11. The molecule has 0 atom stereocenters. The Morgan fingerprint density at radius 3 is 2.41 bits per heavy atom. The number of ether oxygens (including phenoxy) is 2. The van der Waals surface area contributed by atoms with E-state index in [0.29, 0.717) is 23.1 Å². The lowest BCUT2D eigenvalue weighted by Crippen LogP contribution is -2.01. The second kappa shape index (κ2) is 9.57. The van der Waals surface area contributed by atoms with Crippen molar-refractivity contribution >= 4 is 23.5 Å². The zero-order chi connectivity index (χ0) is 20.8. The molecule has 5 heteroatoms. The van der Waals surface area contributed by atoms with Gasteiger partial charge in [-0.3, -0.25) is 4.99 Å². The summed E-state index contributed by atoms with van der Waals surface area (Å²) in [5, 5.41) is 0.430. The summed E-state index contributed by atoms with van der Waals surface area (Å²) in [7, 11) is 0. The lowest BCUT2D eigenvalue weighted by atomic mass is 10.1. The number of aliphatic imine (C=N–C) groups is 1. The van der Waals surface area contributed by atoms with E-state index in [9.17, 15) is 4.39 Å². The standard InChI is InChI=1S/C24H23ClFNO2/c1-4-28-23-13-19(14-27-21-10-5-16(2)17(3)11-21)12-22(25)24(23)29-15-18-6-8-20(26)9-7-18/h5-14H,4,15H2,1-3H3. The first kappa shape index (κ1) is 20.9. The van der Waals surface area contributed by atoms with Gasteiger partial charge in [0, 0.05) is 6.21 Å². The Bertz CT molecular complexity index is 1020. The van der Waals surface area contributed by atoms with Gasteiger partial charge in [0.05, 0.1) is 17.3 Å². The van der Waals surface area contributed by atoms with Crippen LogP contribution in [-0.2, 0) is 6.61 Å². The third kappa shape index (κ3) is 5.58. The van der Waals surface area contributed by atoms with Crippen molar-refractivity contribution in [3.05, 3.63) is 87.7 Å². The zero-order valence-electron chi connectivity index (χ0n) is 16.7. The maximum absolute atomic E-state index is 13.1. The van der Waals surface area contributed by atoms with Crippen LogP contribution < -0.4 is 9.47 Å². The summed E-state index contributed by atoms with van der Waals surface area (Å²) in [6.07, 6.45) is 1.75. The highest BCUT2D eigenvalue weighted by atomic mass is 35.5. The summed E-state index contributed by atoms with van der Waals surface area (Å²) in [6.45, 7) is 6.76. The topological polar surface area (TPSA) is 30.8 Å². The first-order valence-electron chi connectivity index (χ1n) is 9.41. The molecule has 0 N–H and O–H groups in total. The van der Waals surface area contributed by atoms with Crippen LogP contribution in [0, 0.1) is 19.7 Å². The van der Waals surface area contributed by atoms with Crippen molar-refractivity contribution in [1.82, 2.24) is 0 Å². The van der Waals surface area contributed by atoms with Crippen LogP contribution in [0.15, 0.2) is 59.6 Å². The normalized spacial score (nSPS) is 11.1. The lowest BCUT2D eigenvalue weighted by Gasteiger charge is -2.14. The summed E-state index contributed by atoms with van der Waals surface area (Å²) >= 11 is 6.46. The molecule has 3 aromatic rings. The molecule has 0 aliphatic heterocycles. The highest BCUT2D eigenvalue weighted by molar-refractivity contribution is 6.32. The van der Waals surface area contributed by atoms with Crippen LogP contribution >= 0.6 is 11.6 Å². The van der Waals surface area contributed by atoms with Crippen molar-refractivity contribution in [2.24, 2.45) is 4.99 Å². The van der Waals surface area contributed by atoms with E-state index < -0.39 is 0 Å². The summed E-state index contributed by atoms with van der Waals surface area (Å²) in [4.78, 5) is 4.54. The molecular weight excluding hydrogens is 389 g/mol. The zero-order valence-corrected chi connectivity index (χ0v) is 17.5. The molecule has 0 aliphatic carbocycles. The number of halogens is 2. The van der Waals surface area contributed by atoms with Gasteiger partial charge in [-0.2, -0.15) is 0 Å². The molecular formula is C24H23ClFNO2. The molecule has 0 saturated carbocycles. The van der Waals surface area contributed by atoms with E-state index in [1.165, 1.54) is 23.3 Å². The van der Waals surface area contributed by atoms with Crippen molar-refractivity contribution in [3.8, 4) is 11.5 Å². The van der Waals surface area contributed by atoms with Gasteiger partial charge >= 0.3 is 0 Å². The van der Waals surface area contributed by atoms with Gasteiger partial charge in [0.15, 0.2) is 11.5 Å². The summed E-state index contributed by atoms with van der Waals surface area (Å²) in [5.41, 5.74) is 4.94. The van der Waals surface area contributed by atoms with E-state index in [1.54, 1.807) is 24.4 Å². The molecule has 0 spiro atoms. The van der Waals surface area contributed by atoms with Gasteiger partial charge in [-0.25, -0.2) is 4.39 Å². The molecule has 150 valence electrons. The molecule has 0 amide bonds. The van der Waals surface area contributed by atoms with Crippen molar-refractivity contribution in [3.63, 3.8) is 0 Å². The fourth-order valence-electron chi connectivity index (χ4n) is 2.76. The summed E-state index contributed by atoms with van der Waals surface area (Å²) in [5.74, 6) is 0.721. The Morgan fingerprint density at radius 2 is 1.72 bits per heavy atom. The summed E-state index contributed by atoms with van der Waals surface area (Å²) in [6, 6.07) is 15.8. The van der Waals surface area contributed by atoms with Gasteiger partial charge in [-0.05, 0) is 79.4 Å². The number of aryl methyl sites for hydroxylation is 2. The van der Waals surface area contributed by atoms with Crippen molar-refractivity contribution in [2.45, 2.75) is 27.4 Å². The quantitative estimate of drug-likeness (QED) is 0.399. The number of hydrogen-bond acceptors (Lipinski definition) is 3. The maximum Gasteiger partial charge on any atom is 0.180 e. The highest BCUT2D eigenvalue weighted by Crippen LogP contribution is 2.37. The molecule has 3 aromatic carbocycles. The third-order valence-electron chi connectivity index (χ3n) is 4.48. The molecule has 0 saturated heterocycles. The number of nitrogens with zero attached hydrogens (tertiary/aromatic N) is 1. The monoisotopic (exact) mass is 411 g/mol.